The van der Waals surface area contributed by atoms with Crippen molar-refractivity contribution in [2.24, 2.45) is 0 Å². The topological polar surface area (TPSA) is 29.5 Å². The maximum atomic E-state index is 11.0. The molecular formula is C8H14ClNO2. The van der Waals surface area contributed by atoms with E-state index in [1.165, 1.54) is 0 Å². The number of carbonyl (C=O) groups excluding carboxylic acids is 1. The second kappa shape index (κ2) is 4.55. The summed E-state index contributed by atoms with van der Waals surface area (Å²) in [5.41, 5.74) is -0.445. The van der Waals surface area contributed by atoms with Crippen molar-refractivity contribution in [2.45, 2.75) is 31.7 Å². The van der Waals surface area contributed by atoms with Crippen molar-refractivity contribution in [1.29, 1.82) is 0 Å². The van der Waals surface area contributed by atoms with Gasteiger partial charge in [0.15, 0.2) is 5.56 Å². The summed E-state index contributed by atoms with van der Waals surface area (Å²) < 4.78 is 4.76. The number of halogens is 1. The number of ether oxygens (including phenoxy) is 1. The summed E-state index contributed by atoms with van der Waals surface area (Å²) in [6, 6.07) is 0. The van der Waals surface area contributed by atoms with Gasteiger partial charge in [-0.3, -0.25) is 0 Å². The quantitative estimate of drug-likeness (QED) is 0.504. The molecule has 0 aromatic rings. The van der Waals surface area contributed by atoms with Gasteiger partial charge in [0.25, 0.3) is 0 Å². The fraction of sp³-hybridized carbons (Fsp3) is 0.875. The molecule has 0 aliphatic carbocycles. The number of cyclic esters (lactones) is 1. The molecule has 1 aliphatic heterocycles. The number of rotatable bonds is 4. The Balaban J connectivity index is 2.19. The van der Waals surface area contributed by atoms with Crippen molar-refractivity contribution < 1.29 is 9.53 Å². The third-order valence-corrected chi connectivity index (χ3v) is 2.11. The zero-order chi connectivity index (χ0) is 8.97. The fourth-order valence-electron chi connectivity index (χ4n) is 1.20. The highest BCUT2D eigenvalue weighted by Crippen LogP contribution is 2.14. The lowest BCUT2D eigenvalue weighted by molar-refractivity contribution is 0.151. The summed E-state index contributed by atoms with van der Waals surface area (Å²) in [5, 5.41) is 0. The van der Waals surface area contributed by atoms with Crippen LogP contribution in [0.5, 0.6) is 0 Å². The Bertz CT molecular complexity index is 163. The van der Waals surface area contributed by atoms with Crippen LogP contribution >= 0.6 is 11.6 Å². The van der Waals surface area contributed by atoms with Crippen LogP contribution in [0.15, 0.2) is 0 Å². The first kappa shape index (κ1) is 9.65. The number of hydrogen-bond donors (Lipinski definition) is 0. The van der Waals surface area contributed by atoms with Gasteiger partial charge in [-0.15, -0.1) is 0 Å². The molecule has 0 spiro atoms. The normalized spacial score (nSPS) is 23.0. The molecule has 0 N–H and O–H groups in total. The van der Waals surface area contributed by atoms with Crippen molar-refractivity contribution in [3.63, 3.8) is 0 Å². The van der Waals surface area contributed by atoms with Crippen LogP contribution in [0.3, 0.4) is 0 Å². The molecule has 1 amide bonds. The highest BCUT2D eigenvalue weighted by atomic mass is 35.5. The van der Waals surface area contributed by atoms with Crippen LogP contribution in [0.4, 0.5) is 4.79 Å². The standard InChI is InChI=1S/C8H14ClNO2/c1-2-3-4-5-10-6-7(9)12-8(10)11/h7H,2-6H2,1H3. The zero-order valence-electron chi connectivity index (χ0n) is 7.25. The van der Waals surface area contributed by atoms with Gasteiger partial charge >= 0.3 is 6.09 Å². The van der Waals surface area contributed by atoms with Gasteiger partial charge in [0, 0.05) is 6.54 Å². The fourth-order valence-corrected chi connectivity index (χ4v) is 1.45. The van der Waals surface area contributed by atoms with E-state index in [-0.39, 0.29) is 6.09 Å². The van der Waals surface area contributed by atoms with Gasteiger partial charge in [-0.25, -0.2) is 4.79 Å². The van der Waals surface area contributed by atoms with Crippen LogP contribution in [0.25, 0.3) is 0 Å². The third kappa shape index (κ3) is 2.55. The van der Waals surface area contributed by atoms with E-state index in [0.29, 0.717) is 6.54 Å². The van der Waals surface area contributed by atoms with Crippen molar-refractivity contribution in [2.75, 3.05) is 13.1 Å². The zero-order valence-corrected chi connectivity index (χ0v) is 8.01. The summed E-state index contributed by atoms with van der Waals surface area (Å²) in [7, 11) is 0. The molecule has 1 aliphatic rings. The van der Waals surface area contributed by atoms with Gasteiger partial charge in [-0.05, 0) is 6.42 Å². The first-order chi connectivity index (χ1) is 5.74. The van der Waals surface area contributed by atoms with E-state index >= 15 is 0 Å². The largest absolute Gasteiger partial charge is 0.428 e. The predicted octanol–water partition coefficient (Wildman–Crippen LogP) is 2.19. The number of unbranched alkanes of at least 4 members (excludes halogenated alkanes) is 2. The molecule has 1 unspecified atom stereocenters. The summed E-state index contributed by atoms with van der Waals surface area (Å²) >= 11 is 5.63. The molecule has 0 aromatic carbocycles. The molecule has 1 rings (SSSR count). The van der Waals surface area contributed by atoms with Gasteiger partial charge in [-0.2, -0.15) is 0 Å². The lowest BCUT2D eigenvalue weighted by Gasteiger charge is -2.10. The first-order valence-electron chi connectivity index (χ1n) is 4.33. The van der Waals surface area contributed by atoms with Crippen molar-refractivity contribution in [3.8, 4) is 0 Å². The molecular weight excluding hydrogens is 178 g/mol. The molecule has 1 heterocycles. The van der Waals surface area contributed by atoms with Crippen LogP contribution < -0.4 is 0 Å². The Hall–Kier alpha value is -0.440. The second-order valence-electron chi connectivity index (χ2n) is 2.95. The van der Waals surface area contributed by atoms with Crippen LogP contribution in [0.1, 0.15) is 26.2 Å². The van der Waals surface area contributed by atoms with Crippen molar-refractivity contribution in [3.05, 3.63) is 0 Å². The van der Waals surface area contributed by atoms with Crippen molar-refractivity contribution in [1.82, 2.24) is 4.90 Å². The molecule has 1 fully saturated rings. The van der Waals surface area contributed by atoms with Crippen LogP contribution in [0, 0.1) is 0 Å². The maximum absolute atomic E-state index is 11.0. The summed E-state index contributed by atoms with van der Waals surface area (Å²) in [6.07, 6.45) is 3.07. The van der Waals surface area contributed by atoms with E-state index in [9.17, 15) is 4.79 Å². The maximum Gasteiger partial charge on any atom is 0.411 e. The molecule has 70 valence electrons. The molecule has 3 nitrogen and oxygen atoms in total. The molecule has 0 aromatic heterocycles. The Morgan fingerprint density at radius 1 is 1.67 bits per heavy atom. The van der Waals surface area contributed by atoms with E-state index in [2.05, 4.69) is 6.92 Å². The molecule has 0 saturated carbocycles. The van der Waals surface area contributed by atoms with Crippen molar-refractivity contribution >= 4 is 17.7 Å². The number of nitrogens with zero attached hydrogens (tertiary/aromatic N) is 1. The van der Waals surface area contributed by atoms with Crippen LogP contribution in [-0.2, 0) is 4.74 Å². The number of alkyl halides is 1. The monoisotopic (exact) mass is 191 g/mol. The van der Waals surface area contributed by atoms with E-state index in [1.807, 2.05) is 0 Å². The molecule has 0 radical (unpaired) electrons. The van der Waals surface area contributed by atoms with Gasteiger partial charge in [-0.1, -0.05) is 31.4 Å². The van der Waals surface area contributed by atoms with E-state index < -0.39 is 5.56 Å². The SMILES string of the molecule is CCCCCN1CC(Cl)OC1=O. The number of hydrogen-bond acceptors (Lipinski definition) is 2. The molecule has 4 heteroatoms. The lowest BCUT2D eigenvalue weighted by Crippen LogP contribution is -2.25. The highest BCUT2D eigenvalue weighted by Gasteiger charge is 2.28. The van der Waals surface area contributed by atoms with E-state index in [1.54, 1.807) is 4.90 Å². The van der Waals surface area contributed by atoms with Crippen LogP contribution in [0.2, 0.25) is 0 Å². The summed E-state index contributed by atoms with van der Waals surface area (Å²) in [6.45, 7) is 3.44. The molecule has 12 heavy (non-hydrogen) atoms. The third-order valence-electron chi connectivity index (χ3n) is 1.88. The Morgan fingerprint density at radius 3 is 2.92 bits per heavy atom. The second-order valence-corrected chi connectivity index (χ2v) is 3.43. The minimum atomic E-state index is -0.445. The average molecular weight is 192 g/mol. The van der Waals surface area contributed by atoms with Crippen LogP contribution in [-0.4, -0.2) is 29.6 Å². The minimum absolute atomic E-state index is 0.272. The Kier molecular flexibility index (Phi) is 3.66. The number of amides is 1. The van der Waals surface area contributed by atoms with Gasteiger partial charge < -0.3 is 9.64 Å². The predicted molar refractivity (Wildman–Crippen MR) is 47.2 cm³/mol. The van der Waals surface area contributed by atoms with Gasteiger partial charge in [0.2, 0.25) is 0 Å². The molecule has 1 saturated heterocycles. The summed E-state index contributed by atoms with van der Waals surface area (Å²) in [5.74, 6) is 0. The Morgan fingerprint density at radius 2 is 2.42 bits per heavy atom. The highest BCUT2D eigenvalue weighted by molar-refractivity contribution is 6.20. The minimum Gasteiger partial charge on any atom is -0.428 e. The average Bonchev–Trinajstić information content (AvgIpc) is 2.31. The lowest BCUT2D eigenvalue weighted by atomic mass is 10.2. The Labute approximate surface area is 77.6 Å². The van der Waals surface area contributed by atoms with Gasteiger partial charge in [0.05, 0.1) is 6.54 Å². The summed E-state index contributed by atoms with van der Waals surface area (Å²) in [4.78, 5) is 12.7. The molecule has 1 atom stereocenters. The molecule has 0 bridgehead atoms. The van der Waals surface area contributed by atoms with Gasteiger partial charge in [0.1, 0.15) is 0 Å². The smallest absolute Gasteiger partial charge is 0.411 e. The van der Waals surface area contributed by atoms with E-state index in [0.717, 1.165) is 25.8 Å². The van der Waals surface area contributed by atoms with E-state index in [4.69, 9.17) is 16.3 Å². The number of carbonyl (C=O) groups is 1. The first-order valence-corrected chi connectivity index (χ1v) is 4.77.